The molecule has 0 fully saturated rings. The van der Waals surface area contributed by atoms with Crippen LogP contribution < -0.4 is 0 Å². The van der Waals surface area contributed by atoms with Gasteiger partial charge in [-0.05, 0) is 40.8 Å². The molecule has 0 atom stereocenters. The molecule has 0 spiro atoms. The maximum Gasteiger partial charge on any atom is 0.179 e. The Balaban J connectivity index is 2.01. The van der Waals surface area contributed by atoms with E-state index in [0.717, 1.165) is 28.7 Å². The minimum Gasteiger partial charge on any atom is -0.410 e. The highest BCUT2D eigenvalue weighted by Crippen LogP contribution is 2.13. The van der Waals surface area contributed by atoms with E-state index in [0.29, 0.717) is 0 Å². The molecule has 6 heteroatoms. The third-order valence-corrected chi connectivity index (χ3v) is 3.68. The molecule has 0 aliphatic heterocycles. The molecule has 2 rings (SSSR count). The lowest BCUT2D eigenvalue weighted by atomic mass is 10.0. The van der Waals surface area contributed by atoms with Gasteiger partial charge in [-0.1, -0.05) is 71.0 Å². The summed E-state index contributed by atoms with van der Waals surface area (Å²) < 4.78 is 0. The number of allylic oxidation sites excluding steroid dienone is 2. The average molecular weight is 356 g/mol. The Kier molecular flexibility index (Phi) is 7.08. The zero-order valence-electron chi connectivity index (χ0n) is 14.3. The first-order valence-electron chi connectivity index (χ1n) is 7.97. The molecule has 0 unspecified atom stereocenters. The zero-order valence-corrected chi connectivity index (χ0v) is 14.3. The van der Waals surface area contributed by atoms with Crippen LogP contribution in [0.5, 0.6) is 0 Å². The van der Waals surface area contributed by atoms with Gasteiger partial charge in [-0.15, -0.1) is 0 Å². The molecule has 6 nitrogen and oxygen atoms in total. The van der Waals surface area contributed by atoms with Crippen molar-refractivity contribution in [2.24, 2.45) is 10.3 Å². The maximum absolute atomic E-state index is 8.69. The standard InChI is InChI=1S/C21H16N4O2/c22-14-20(24-26)11-9-16-1-5-18(6-2-16)13-19-7-3-17(4-8-19)10-12-21(15-23)25-27/h1-12,26-27H,13H2/b11-9+,12-10+,24-20+,25-21+. The first-order chi connectivity index (χ1) is 13.2. The number of oxime groups is 2. The smallest absolute Gasteiger partial charge is 0.179 e. The van der Waals surface area contributed by atoms with Gasteiger partial charge < -0.3 is 10.4 Å². The number of hydrogen-bond acceptors (Lipinski definition) is 6. The number of nitriles is 2. The fraction of sp³-hybridized carbons (Fsp3) is 0.0476. The molecule has 0 saturated heterocycles. The maximum atomic E-state index is 8.69. The van der Waals surface area contributed by atoms with E-state index in [9.17, 15) is 0 Å². The molecule has 0 aliphatic rings. The monoisotopic (exact) mass is 356 g/mol. The summed E-state index contributed by atoms with van der Waals surface area (Å²) in [6, 6.07) is 19.2. The third-order valence-electron chi connectivity index (χ3n) is 3.68. The van der Waals surface area contributed by atoms with E-state index in [1.54, 1.807) is 24.3 Å². The summed E-state index contributed by atoms with van der Waals surface area (Å²) in [6.45, 7) is 0. The van der Waals surface area contributed by atoms with E-state index in [1.165, 1.54) is 12.2 Å². The van der Waals surface area contributed by atoms with Crippen molar-refractivity contribution in [2.45, 2.75) is 6.42 Å². The summed E-state index contributed by atoms with van der Waals surface area (Å²) in [5.74, 6) is 0. The summed E-state index contributed by atoms with van der Waals surface area (Å²) in [4.78, 5) is 0. The molecule has 0 radical (unpaired) electrons. The predicted octanol–water partition coefficient (Wildman–Crippen LogP) is 4.01. The average Bonchev–Trinajstić information content (AvgIpc) is 2.72. The Morgan fingerprint density at radius 2 is 1.11 bits per heavy atom. The van der Waals surface area contributed by atoms with Crippen molar-refractivity contribution < 1.29 is 10.4 Å². The Morgan fingerprint density at radius 1 is 0.741 bits per heavy atom. The van der Waals surface area contributed by atoms with Gasteiger partial charge in [0.05, 0.1) is 0 Å². The number of rotatable bonds is 6. The van der Waals surface area contributed by atoms with Gasteiger partial charge in [0.25, 0.3) is 0 Å². The summed E-state index contributed by atoms with van der Waals surface area (Å²) in [7, 11) is 0. The van der Waals surface area contributed by atoms with E-state index in [1.807, 2.05) is 48.5 Å². The minimum atomic E-state index is -0.0552. The predicted molar refractivity (Wildman–Crippen MR) is 103 cm³/mol. The molecule has 0 amide bonds. The van der Waals surface area contributed by atoms with E-state index in [-0.39, 0.29) is 11.4 Å². The highest BCUT2D eigenvalue weighted by atomic mass is 16.4. The van der Waals surface area contributed by atoms with Crippen molar-refractivity contribution in [3.05, 3.63) is 82.9 Å². The van der Waals surface area contributed by atoms with Crippen LogP contribution in [0.25, 0.3) is 12.2 Å². The van der Waals surface area contributed by atoms with Gasteiger partial charge >= 0.3 is 0 Å². The molecule has 0 aromatic heterocycles. The second kappa shape index (κ2) is 9.97. The number of nitrogens with zero attached hydrogens (tertiary/aromatic N) is 4. The quantitative estimate of drug-likeness (QED) is 0.462. The van der Waals surface area contributed by atoms with Crippen LogP contribution in [0.15, 0.2) is 71.0 Å². The summed E-state index contributed by atoms with van der Waals surface area (Å²) in [5.41, 5.74) is 3.95. The van der Waals surface area contributed by atoms with Gasteiger partial charge in [-0.25, -0.2) is 0 Å². The summed E-state index contributed by atoms with van der Waals surface area (Å²) in [5, 5.41) is 40.3. The van der Waals surface area contributed by atoms with Crippen LogP contribution in [-0.4, -0.2) is 21.8 Å². The Morgan fingerprint density at radius 3 is 1.41 bits per heavy atom. The molecule has 0 bridgehead atoms. The molecular formula is C21H16N4O2. The molecule has 0 heterocycles. The first-order valence-corrected chi connectivity index (χ1v) is 7.97. The van der Waals surface area contributed by atoms with Gasteiger partial charge in [0.15, 0.2) is 11.4 Å². The number of benzene rings is 2. The highest BCUT2D eigenvalue weighted by Gasteiger charge is 1.98. The second-order valence-electron chi connectivity index (χ2n) is 5.52. The largest absolute Gasteiger partial charge is 0.410 e. The molecule has 132 valence electrons. The fourth-order valence-electron chi connectivity index (χ4n) is 2.27. The van der Waals surface area contributed by atoms with Crippen LogP contribution in [0, 0.1) is 22.7 Å². The highest BCUT2D eigenvalue weighted by molar-refractivity contribution is 6.09. The van der Waals surface area contributed by atoms with Crippen LogP contribution in [0.2, 0.25) is 0 Å². The Hall–Kier alpha value is -4.16. The van der Waals surface area contributed by atoms with Gasteiger partial charge in [0, 0.05) is 0 Å². The van der Waals surface area contributed by atoms with E-state index in [2.05, 4.69) is 10.3 Å². The molecule has 2 N–H and O–H groups in total. The lowest BCUT2D eigenvalue weighted by molar-refractivity contribution is 0.320. The normalized spacial score (nSPS) is 12.2. The molecule has 2 aromatic carbocycles. The van der Waals surface area contributed by atoms with Crippen molar-refractivity contribution >= 4 is 23.6 Å². The Labute approximate surface area is 156 Å². The van der Waals surface area contributed by atoms with Crippen molar-refractivity contribution in [3.63, 3.8) is 0 Å². The van der Waals surface area contributed by atoms with E-state index < -0.39 is 0 Å². The molecule has 0 aliphatic carbocycles. The zero-order chi connectivity index (χ0) is 19.5. The second-order valence-corrected chi connectivity index (χ2v) is 5.52. The minimum absolute atomic E-state index is 0.0552. The van der Waals surface area contributed by atoms with Gasteiger partial charge in [0.1, 0.15) is 12.1 Å². The van der Waals surface area contributed by atoms with Crippen LogP contribution in [0.4, 0.5) is 0 Å². The van der Waals surface area contributed by atoms with Crippen molar-refractivity contribution in [3.8, 4) is 12.1 Å². The number of hydrogen-bond donors (Lipinski definition) is 2. The van der Waals surface area contributed by atoms with Gasteiger partial charge in [-0.3, -0.25) is 0 Å². The van der Waals surface area contributed by atoms with Crippen LogP contribution >= 0.6 is 0 Å². The fourth-order valence-corrected chi connectivity index (χ4v) is 2.27. The van der Waals surface area contributed by atoms with E-state index in [4.69, 9.17) is 20.9 Å². The molecule has 27 heavy (non-hydrogen) atoms. The molecule has 0 saturated carbocycles. The lowest BCUT2D eigenvalue weighted by Gasteiger charge is -2.03. The summed E-state index contributed by atoms with van der Waals surface area (Å²) >= 11 is 0. The van der Waals surface area contributed by atoms with Crippen LogP contribution in [0.1, 0.15) is 22.3 Å². The first kappa shape index (κ1) is 19.2. The molecular weight excluding hydrogens is 340 g/mol. The van der Waals surface area contributed by atoms with Gasteiger partial charge in [-0.2, -0.15) is 10.5 Å². The van der Waals surface area contributed by atoms with Crippen molar-refractivity contribution in [1.82, 2.24) is 0 Å². The topological polar surface area (TPSA) is 113 Å². The summed E-state index contributed by atoms with van der Waals surface area (Å²) in [6.07, 6.45) is 7.06. The Bertz CT molecular complexity index is 889. The van der Waals surface area contributed by atoms with Gasteiger partial charge in [0.2, 0.25) is 0 Å². The molecule has 2 aromatic rings. The van der Waals surface area contributed by atoms with Crippen molar-refractivity contribution in [2.75, 3.05) is 0 Å². The van der Waals surface area contributed by atoms with Crippen molar-refractivity contribution in [1.29, 1.82) is 10.5 Å². The SMILES string of the molecule is N#CC(/C=C/c1ccc(Cc2ccc(/C=C/C(C#N)=N\O)cc2)cc1)=N/O. The third kappa shape index (κ3) is 6.00. The van der Waals surface area contributed by atoms with E-state index >= 15 is 0 Å². The van der Waals surface area contributed by atoms with Crippen LogP contribution in [0.3, 0.4) is 0 Å². The lowest BCUT2D eigenvalue weighted by Crippen LogP contribution is -1.90. The van der Waals surface area contributed by atoms with Crippen LogP contribution in [-0.2, 0) is 6.42 Å².